The third kappa shape index (κ3) is 2.31. The second kappa shape index (κ2) is 5.01. The molecule has 1 atom stereocenters. The Kier molecular flexibility index (Phi) is 3.05. The van der Waals surface area contributed by atoms with Crippen LogP contribution in [0, 0.1) is 11.3 Å². The van der Waals surface area contributed by atoms with Gasteiger partial charge in [0.1, 0.15) is 23.5 Å². The van der Waals surface area contributed by atoms with E-state index in [4.69, 9.17) is 10.00 Å². The molecular formula is C13H12N6O. The van der Waals surface area contributed by atoms with Crippen molar-refractivity contribution in [3.8, 4) is 11.8 Å². The summed E-state index contributed by atoms with van der Waals surface area (Å²) >= 11 is 0. The minimum Gasteiger partial charge on any atom is -0.490 e. The lowest BCUT2D eigenvalue weighted by molar-refractivity contribution is 0.254. The summed E-state index contributed by atoms with van der Waals surface area (Å²) < 4.78 is 5.64. The van der Waals surface area contributed by atoms with E-state index in [0.29, 0.717) is 5.57 Å². The molecule has 1 aliphatic rings. The van der Waals surface area contributed by atoms with Crippen LogP contribution in [-0.4, -0.2) is 26.7 Å². The number of nitrogens with one attached hydrogen (secondary N) is 2. The molecular weight excluding hydrogens is 256 g/mol. The van der Waals surface area contributed by atoms with Gasteiger partial charge in [-0.05, 0) is 35.9 Å². The number of nitrogens with zero attached hydrogens (tertiary/aromatic N) is 4. The molecule has 1 unspecified atom stereocenters. The zero-order chi connectivity index (χ0) is 13.9. The summed E-state index contributed by atoms with van der Waals surface area (Å²) in [5.41, 5.74) is 2.36. The van der Waals surface area contributed by atoms with Crippen molar-refractivity contribution in [3.63, 3.8) is 0 Å². The number of H-pyrrole nitrogens is 1. The highest BCUT2D eigenvalue weighted by Crippen LogP contribution is 2.31. The Labute approximate surface area is 115 Å². The predicted octanol–water partition coefficient (Wildman–Crippen LogP) is 1.50. The van der Waals surface area contributed by atoms with Crippen LogP contribution in [0.4, 0.5) is 5.69 Å². The fourth-order valence-corrected chi connectivity index (χ4v) is 2.09. The third-order valence-electron chi connectivity index (χ3n) is 2.99. The molecule has 1 aromatic carbocycles. The second-order valence-electron chi connectivity index (χ2n) is 4.50. The topological polar surface area (TPSA) is 99.5 Å². The van der Waals surface area contributed by atoms with Gasteiger partial charge in [0.2, 0.25) is 5.82 Å². The number of tetrazole rings is 1. The minimum absolute atomic E-state index is 0.213. The summed E-state index contributed by atoms with van der Waals surface area (Å²) in [6, 6.07) is 7.86. The summed E-state index contributed by atoms with van der Waals surface area (Å²) in [6.45, 7) is 2.04. The van der Waals surface area contributed by atoms with Gasteiger partial charge in [0, 0.05) is 18.3 Å². The molecule has 1 aliphatic heterocycles. The van der Waals surface area contributed by atoms with Gasteiger partial charge in [-0.3, -0.25) is 0 Å². The maximum atomic E-state index is 9.07. The van der Waals surface area contributed by atoms with Gasteiger partial charge < -0.3 is 10.1 Å². The Bertz CT molecular complexity index is 685. The van der Waals surface area contributed by atoms with Crippen molar-refractivity contribution in [2.45, 2.75) is 19.4 Å². The van der Waals surface area contributed by atoms with E-state index in [1.54, 1.807) is 6.20 Å². The average molecular weight is 268 g/mol. The molecule has 0 saturated heterocycles. The molecule has 2 heterocycles. The van der Waals surface area contributed by atoms with Gasteiger partial charge in [-0.25, -0.2) is 0 Å². The van der Waals surface area contributed by atoms with Crippen molar-refractivity contribution >= 4 is 11.3 Å². The van der Waals surface area contributed by atoms with E-state index in [2.05, 4.69) is 25.9 Å². The number of aromatic nitrogens is 4. The number of allylic oxidation sites excluding steroid dienone is 1. The van der Waals surface area contributed by atoms with Crippen LogP contribution in [0.25, 0.3) is 5.57 Å². The van der Waals surface area contributed by atoms with E-state index in [-0.39, 0.29) is 11.9 Å². The number of benzene rings is 1. The molecule has 0 fully saturated rings. The van der Waals surface area contributed by atoms with Gasteiger partial charge in [0.15, 0.2) is 0 Å². The molecule has 20 heavy (non-hydrogen) atoms. The SMILES string of the molecule is CC1Cc2cc(NC=C(C#N)c3nn[nH]n3)ccc2O1. The molecule has 100 valence electrons. The number of fused-ring (bicyclic) bond motifs is 1. The fraction of sp³-hybridized carbons (Fsp3) is 0.231. The Hall–Kier alpha value is -2.88. The molecule has 0 bridgehead atoms. The molecule has 2 N–H and O–H groups in total. The van der Waals surface area contributed by atoms with Crippen LogP contribution < -0.4 is 10.1 Å². The van der Waals surface area contributed by atoms with Gasteiger partial charge in [-0.1, -0.05) is 0 Å². The van der Waals surface area contributed by atoms with Crippen LogP contribution >= 0.6 is 0 Å². The molecule has 7 nitrogen and oxygen atoms in total. The number of ether oxygens (including phenoxy) is 1. The van der Waals surface area contributed by atoms with Crippen LogP contribution in [0.2, 0.25) is 0 Å². The van der Waals surface area contributed by atoms with Gasteiger partial charge >= 0.3 is 0 Å². The zero-order valence-electron chi connectivity index (χ0n) is 10.8. The van der Waals surface area contributed by atoms with Crippen molar-refractivity contribution in [1.29, 1.82) is 5.26 Å². The summed E-state index contributed by atoms with van der Waals surface area (Å²) in [5.74, 6) is 1.18. The maximum absolute atomic E-state index is 9.07. The van der Waals surface area contributed by atoms with E-state index in [0.717, 1.165) is 23.4 Å². The number of nitriles is 1. The maximum Gasteiger partial charge on any atom is 0.216 e. The molecule has 3 rings (SSSR count). The smallest absolute Gasteiger partial charge is 0.216 e. The van der Waals surface area contributed by atoms with Crippen LogP contribution in [0.1, 0.15) is 18.3 Å². The Morgan fingerprint density at radius 2 is 2.50 bits per heavy atom. The van der Waals surface area contributed by atoms with E-state index in [1.807, 2.05) is 31.2 Å². The molecule has 0 aliphatic carbocycles. The first-order valence-corrected chi connectivity index (χ1v) is 6.16. The number of rotatable bonds is 3. The molecule has 7 heteroatoms. The van der Waals surface area contributed by atoms with Crippen molar-refractivity contribution in [3.05, 3.63) is 35.8 Å². The lowest BCUT2D eigenvalue weighted by atomic mass is 10.1. The lowest BCUT2D eigenvalue weighted by Crippen LogP contribution is -2.05. The first-order chi connectivity index (χ1) is 9.76. The van der Waals surface area contributed by atoms with Crippen LogP contribution in [-0.2, 0) is 6.42 Å². The van der Waals surface area contributed by atoms with E-state index in [1.165, 1.54) is 0 Å². The van der Waals surface area contributed by atoms with Crippen molar-refractivity contribution in [2.75, 3.05) is 5.32 Å². The van der Waals surface area contributed by atoms with Crippen LogP contribution in [0.3, 0.4) is 0 Å². The number of hydrogen-bond donors (Lipinski definition) is 2. The van der Waals surface area contributed by atoms with Gasteiger partial charge in [-0.15, -0.1) is 10.2 Å². The van der Waals surface area contributed by atoms with Crippen molar-refractivity contribution < 1.29 is 4.74 Å². The Balaban J connectivity index is 1.79. The molecule has 0 radical (unpaired) electrons. The molecule has 2 aromatic rings. The Morgan fingerprint density at radius 1 is 1.60 bits per heavy atom. The number of aromatic amines is 1. The predicted molar refractivity (Wildman–Crippen MR) is 71.6 cm³/mol. The van der Waals surface area contributed by atoms with E-state index in [9.17, 15) is 0 Å². The van der Waals surface area contributed by atoms with Crippen molar-refractivity contribution in [1.82, 2.24) is 20.6 Å². The number of anilines is 1. The number of hydrogen-bond acceptors (Lipinski definition) is 6. The van der Waals surface area contributed by atoms with Gasteiger partial charge in [0.25, 0.3) is 0 Å². The largest absolute Gasteiger partial charge is 0.490 e. The van der Waals surface area contributed by atoms with Crippen molar-refractivity contribution in [2.24, 2.45) is 0 Å². The van der Waals surface area contributed by atoms with Gasteiger partial charge in [-0.2, -0.15) is 10.5 Å². The van der Waals surface area contributed by atoms with E-state index < -0.39 is 0 Å². The molecule has 0 amide bonds. The van der Waals surface area contributed by atoms with E-state index >= 15 is 0 Å². The minimum atomic E-state index is 0.213. The highest BCUT2D eigenvalue weighted by molar-refractivity contribution is 5.74. The first kappa shape index (κ1) is 12.2. The lowest BCUT2D eigenvalue weighted by Gasteiger charge is -2.04. The third-order valence-corrected chi connectivity index (χ3v) is 2.99. The molecule has 0 saturated carbocycles. The summed E-state index contributed by atoms with van der Waals surface area (Å²) in [4.78, 5) is 0. The normalized spacial score (nSPS) is 17.2. The molecule has 0 spiro atoms. The van der Waals surface area contributed by atoms with Crippen LogP contribution in [0.5, 0.6) is 5.75 Å². The molecule has 1 aromatic heterocycles. The summed E-state index contributed by atoms with van der Waals surface area (Å²) in [6.07, 6.45) is 2.67. The highest BCUT2D eigenvalue weighted by atomic mass is 16.5. The summed E-state index contributed by atoms with van der Waals surface area (Å²) in [7, 11) is 0. The van der Waals surface area contributed by atoms with Crippen LogP contribution in [0.15, 0.2) is 24.4 Å². The summed E-state index contributed by atoms with van der Waals surface area (Å²) in [5, 5.41) is 25.4. The Morgan fingerprint density at radius 3 is 3.25 bits per heavy atom. The zero-order valence-corrected chi connectivity index (χ0v) is 10.8. The van der Waals surface area contributed by atoms with Gasteiger partial charge in [0.05, 0.1) is 0 Å². The highest BCUT2D eigenvalue weighted by Gasteiger charge is 2.18. The quantitative estimate of drug-likeness (QED) is 0.818. The standard InChI is InChI=1S/C13H12N6O/c1-8-4-9-5-11(2-3-12(9)20-8)15-7-10(6-14)13-16-18-19-17-13/h2-3,5,7-8,15H,4H2,1H3,(H,16,17,18,19). The fourth-order valence-electron chi connectivity index (χ4n) is 2.09. The monoisotopic (exact) mass is 268 g/mol. The average Bonchev–Trinajstić information content (AvgIpc) is 3.07. The second-order valence-corrected chi connectivity index (χ2v) is 4.50. The first-order valence-electron chi connectivity index (χ1n) is 6.16.